The normalized spacial score (nSPS) is 15.3. The highest BCUT2D eigenvalue weighted by Crippen LogP contribution is 2.28. The summed E-state index contributed by atoms with van der Waals surface area (Å²) in [5.74, 6) is -1.67. The third kappa shape index (κ3) is 5.14. The molecule has 1 aliphatic rings. The number of hydrogen-bond acceptors (Lipinski definition) is 5. The monoisotopic (exact) mass is 470 g/mol. The fourth-order valence-corrected chi connectivity index (χ4v) is 4.14. The smallest absolute Gasteiger partial charge is 0.338 e. The summed E-state index contributed by atoms with van der Waals surface area (Å²) < 4.78 is 4.99. The number of nitrogens with zero attached hydrogens (tertiary/aromatic N) is 2. The molecule has 178 valence electrons. The van der Waals surface area contributed by atoms with E-state index in [1.165, 1.54) is 29.2 Å². The van der Waals surface area contributed by atoms with E-state index in [-0.39, 0.29) is 25.5 Å². The van der Waals surface area contributed by atoms with Gasteiger partial charge in [0.25, 0.3) is 11.8 Å². The molecule has 0 spiro atoms. The lowest BCUT2D eigenvalue weighted by Crippen LogP contribution is -2.45. The summed E-state index contributed by atoms with van der Waals surface area (Å²) in [5.41, 5.74) is 2.90. The third-order valence-electron chi connectivity index (χ3n) is 5.86. The molecule has 3 aromatic rings. The van der Waals surface area contributed by atoms with Crippen LogP contribution in [-0.2, 0) is 20.9 Å². The molecule has 1 fully saturated rings. The van der Waals surface area contributed by atoms with E-state index in [0.29, 0.717) is 16.8 Å². The quantitative estimate of drug-likeness (QED) is 0.383. The number of esters is 1. The van der Waals surface area contributed by atoms with Crippen LogP contribution in [0.3, 0.4) is 0 Å². The van der Waals surface area contributed by atoms with Crippen molar-refractivity contribution in [3.8, 4) is 0 Å². The van der Waals surface area contributed by atoms with Crippen molar-refractivity contribution >= 4 is 29.4 Å². The van der Waals surface area contributed by atoms with Crippen molar-refractivity contribution in [1.29, 1.82) is 0 Å². The first-order valence-corrected chi connectivity index (χ1v) is 11.4. The van der Waals surface area contributed by atoms with E-state index in [2.05, 4.69) is 0 Å². The molecule has 35 heavy (non-hydrogen) atoms. The molecule has 1 aliphatic heterocycles. The van der Waals surface area contributed by atoms with Crippen molar-refractivity contribution in [2.75, 3.05) is 11.5 Å². The fraction of sp³-hybridized carbons (Fsp3) is 0.214. The second-order valence-corrected chi connectivity index (χ2v) is 8.34. The van der Waals surface area contributed by atoms with E-state index >= 15 is 0 Å². The zero-order valence-electron chi connectivity index (χ0n) is 19.6. The van der Waals surface area contributed by atoms with Crippen molar-refractivity contribution in [3.05, 3.63) is 101 Å². The first-order valence-electron chi connectivity index (χ1n) is 11.4. The van der Waals surface area contributed by atoms with E-state index in [0.717, 1.165) is 16.0 Å². The molecule has 0 radical (unpaired) electrons. The summed E-state index contributed by atoms with van der Waals surface area (Å²) in [6.45, 7) is 4.04. The number of ether oxygens (including phenoxy) is 1. The van der Waals surface area contributed by atoms with Gasteiger partial charge in [0.1, 0.15) is 6.04 Å². The van der Waals surface area contributed by atoms with Crippen LogP contribution in [-0.4, -0.2) is 41.2 Å². The number of imide groups is 1. The summed E-state index contributed by atoms with van der Waals surface area (Å²) in [6.07, 6.45) is -0.122. The minimum atomic E-state index is -0.944. The number of benzene rings is 3. The van der Waals surface area contributed by atoms with E-state index in [1.54, 1.807) is 25.1 Å². The second kappa shape index (κ2) is 10.3. The molecule has 0 bridgehead atoms. The van der Waals surface area contributed by atoms with Crippen LogP contribution in [0.15, 0.2) is 78.9 Å². The van der Waals surface area contributed by atoms with Gasteiger partial charge in [0.15, 0.2) is 0 Å². The standard InChI is InChI=1S/C28H26N2O5/c1-3-35-28(34)21-12-14-23(15-13-21)30-25(31)17-24(27(30)33)29(18-20-9-5-4-6-10-20)26(32)22-11-7-8-19(2)16-22/h4-16,24H,3,17-18H2,1-2H3. The van der Waals surface area contributed by atoms with Crippen LogP contribution in [0.5, 0.6) is 0 Å². The Morgan fingerprint density at radius 3 is 2.31 bits per heavy atom. The van der Waals surface area contributed by atoms with E-state index in [9.17, 15) is 19.2 Å². The average Bonchev–Trinajstić information content (AvgIpc) is 3.16. The van der Waals surface area contributed by atoms with Crippen LogP contribution in [0, 0.1) is 6.92 Å². The zero-order chi connectivity index (χ0) is 24.9. The van der Waals surface area contributed by atoms with E-state index in [4.69, 9.17) is 4.74 Å². The second-order valence-electron chi connectivity index (χ2n) is 8.34. The average molecular weight is 471 g/mol. The number of anilines is 1. The lowest BCUT2D eigenvalue weighted by atomic mass is 10.1. The summed E-state index contributed by atoms with van der Waals surface area (Å²) >= 11 is 0. The molecule has 4 rings (SSSR count). The van der Waals surface area contributed by atoms with Gasteiger partial charge in [-0.1, -0.05) is 48.0 Å². The van der Waals surface area contributed by atoms with Gasteiger partial charge in [0, 0.05) is 12.1 Å². The van der Waals surface area contributed by atoms with Crippen molar-refractivity contribution in [1.82, 2.24) is 4.90 Å². The molecule has 1 unspecified atom stereocenters. The summed E-state index contributed by atoms with van der Waals surface area (Å²) in [5, 5.41) is 0. The molecule has 3 aromatic carbocycles. The van der Waals surface area contributed by atoms with E-state index in [1.807, 2.05) is 43.3 Å². The Morgan fingerprint density at radius 2 is 1.66 bits per heavy atom. The molecule has 1 saturated heterocycles. The summed E-state index contributed by atoms with van der Waals surface area (Å²) in [4.78, 5) is 54.5. The predicted octanol–water partition coefficient (Wildman–Crippen LogP) is 4.15. The fourth-order valence-electron chi connectivity index (χ4n) is 4.14. The minimum Gasteiger partial charge on any atom is -0.462 e. The maximum absolute atomic E-state index is 13.6. The molecule has 3 amide bonds. The first-order chi connectivity index (χ1) is 16.9. The molecule has 0 N–H and O–H groups in total. The van der Waals surface area contributed by atoms with Gasteiger partial charge in [0.05, 0.1) is 24.3 Å². The predicted molar refractivity (Wildman–Crippen MR) is 131 cm³/mol. The van der Waals surface area contributed by atoms with Crippen molar-refractivity contribution in [3.63, 3.8) is 0 Å². The molecule has 0 aliphatic carbocycles. The Kier molecular flexibility index (Phi) is 7.06. The largest absolute Gasteiger partial charge is 0.462 e. The van der Waals surface area contributed by atoms with E-state index < -0.39 is 23.8 Å². The van der Waals surface area contributed by atoms with Crippen LogP contribution in [0.25, 0.3) is 0 Å². The van der Waals surface area contributed by atoms with Gasteiger partial charge in [0.2, 0.25) is 5.91 Å². The van der Waals surface area contributed by atoms with Crippen LogP contribution in [0.2, 0.25) is 0 Å². The van der Waals surface area contributed by atoms with Gasteiger partial charge in [-0.25, -0.2) is 9.69 Å². The third-order valence-corrected chi connectivity index (χ3v) is 5.86. The topological polar surface area (TPSA) is 84.0 Å². The minimum absolute atomic E-state index is 0.122. The van der Waals surface area contributed by atoms with Crippen molar-refractivity contribution in [2.45, 2.75) is 32.9 Å². The number of carbonyl (C=O) groups excluding carboxylic acids is 4. The van der Waals surface area contributed by atoms with Gasteiger partial charge in [-0.3, -0.25) is 14.4 Å². The Labute approximate surface area is 203 Å². The molecule has 7 nitrogen and oxygen atoms in total. The molecular weight excluding hydrogens is 444 g/mol. The molecule has 0 saturated carbocycles. The highest BCUT2D eigenvalue weighted by Gasteiger charge is 2.44. The van der Waals surface area contributed by atoms with Gasteiger partial charge >= 0.3 is 5.97 Å². The van der Waals surface area contributed by atoms with Crippen LogP contribution < -0.4 is 4.90 Å². The van der Waals surface area contributed by atoms with Gasteiger partial charge in [-0.2, -0.15) is 0 Å². The van der Waals surface area contributed by atoms with Crippen molar-refractivity contribution < 1.29 is 23.9 Å². The number of aryl methyl sites for hydroxylation is 1. The van der Waals surface area contributed by atoms with Gasteiger partial charge < -0.3 is 9.64 Å². The number of rotatable bonds is 7. The lowest BCUT2D eigenvalue weighted by Gasteiger charge is -2.28. The molecule has 0 aromatic heterocycles. The molecular formula is C28H26N2O5. The molecule has 7 heteroatoms. The Morgan fingerprint density at radius 1 is 0.943 bits per heavy atom. The lowest BCUT2D eigenvalue weighted by molar-refractivity contribution is -0.122. The van der Waals surface area contributed by atoms with Crippen molar-refractivity contribution in [2.24, 2.45) is 0 Å². The Bertz CT molecular complexity index is 1250. The highest BCUT2D eigenvalue weighted by atomic mass is 16.5. The molecule has 1 heterocycles. The summed E-state index contributed by atoms with van der Waals surface area (Å²) in [6, 6.07) is 21.7. The maximum atomic E-state index is 13.6. The maximum Gasteiger partial charge on any atom is 0.338 e. The highest BCUT2D eigenvalue weighted by molar-refractivity contribution is 6.23. The zero-order valence-corrected chi connectivity index (χ0v) is 19.6. The molecule has 1 atom stereocenters. The SMILES string of the molecule is CCOC(=O)c1ccc(N2C(=O)CC(N(Cc3ccccc3)C(=O)c3cccc(C)c3)C2=O)cc1. The summed E-state index contributed by atoms with van der Waals surface area (Å²) in [7, 11) is 0. The van der Waals surface area contributed by atoms with Gasteiger partial charge in [-0.05, 0) is 55.8 Å². The van der Waals surface area contributed by atoms with Crippen LogP contribution in [0.4, 0.5) is 5.69 Å². The van der Waals surface area contributed by atoms with Crippen LogP contribution in [0.1, 0.15) is 45.2 Å². The first kappa shape index (κ1) is 23.9. The Hall–Kier alpha value is -4.26. The number of carbonyl (C=O) groups is 4. The number of amides is 3. The van der Waals surface area contributed by atoms with Gasteiger partial charge in [-0.15, -0.1) is 0 Å². The Balaban J connectivity index is 1.64. The number of hydrogen-bond donors (Lipinski definition) is 0. The van der Waals surface area contributed by atoms with Crippen LogP contribution >= 0.6 is 0 Å².